The number of hydrogen-bond donors (Lipinski definition) is 1. The number of carbonyl (C=O) groups excluding carboxylic acids is 2. The van der Waals surface area contributed by atoms with E-state index in [2.05, 4.69) is 25.8 Å². The summed E-state index contributed by atoms with van der Waals surface area (Å²) in [6, 6.07) is 11.9. The van der Waals surface area contributed by atoms with Crippen LogP contribution in [0.1, 0.15) is 49.9 Å². The van der Waals surface area contributed by atoms with Crippen LogP contribution in [0.5, 0.6) is 5.75 Å². The molecule has 0 bridgehead atoms. The molecule has 7 nitrogen and oxygen atoms in total. The molecule has 0 saturated carbocycles. The van der Waals surface area contributed by atoms with E-state index in [1.54, 1.807) is 29.6 Å². The van der Waals surface area contributed by atoms with Gasteiger partial charge in [-0.05, 0) is 41.2 Å². The first-order valence-corrected chi connectivity index (χ1v) is 12.2. The number of Topliss-reactive ketones (excluding diaryl/α,β-unsaturated/α-hetero) is 1. The van der Waals surface area contributed by atoms with Crippen molar-refractivity contribution < 1.29 is 19.4 Å². The van der Waals surface area contributed by atoms with Crippen LogP contribution < -0.4 is 4.74 Å². The van der Waals surface area contributed by atoms with E-state index in [1.807, 2.05) is 35.0 Å². The third-order valence-corrected chi connectivity index (χ3v) is 6.73. The molecule has 1 aliphatic rings. The predicted molar refractivity (Wildman–Crippen MR) is 139 cm³/mol. The minimum atomic E-state index is -0.720. The van der Waals surface area contributed by atoms with Gasteiger partial charge in [-0.15, -0.1) is 0 Å². The van der Waals surface area contributed by atoms with E-state index < -0.39 is 17.7 Å². The fourth-order valence-corrected chi connectivity index (χ4v) is 4.69. The van der Waals surface area contributed by atoms with Crippen LogP contribution in [0.2, 0.25) is 5.02 Å². The molecule has 1 atom stereocenters. The van der Waals surface area contributed by atoms with Crippen molar-refractivity contribution in [1.82, 2.24) is 14.5 Å². The number of halogens is 1. The first-order chi connectivity index (χ1) is 17.1. The monoisotopic (exact) mass is 507 g/mol. The molecule has 0 aliphatic carbocycles. The zero-order chi connectivity index (χ0) is 26.0. The van der Waals surface area contributed by atoms with Crippen LogP contribution in [0.15, 0.2) is 66.8 Å². The number of aliphatic hydroxyl groups is 1. The second-order valence-electron chi connectivity index (χ2n) is 9.87. The van der Waals surface area contributed by atoms with E-state index in [0.717, 1.165) is 11.1 Å². The van der Waals surface area contributed by atoms with Crippen LogP contribution in [0.3, 0.4) is 0 Å². The number of aliphatic hydroxyl groups excluding tert-OH is 1. The number of rotatable bonds is 7. The average molecular weight is 508 g/mol. The zero-order valence-corrected chi connectivity index (χ0v) is 21.6. The standard InChI is InChI=1S/C28H30ClN3O4/c1-28(2,3)20-9-6-18(7-10-20)24-23(25(33)19-8-11-22(36-4)21(29)16-19)26(34)27(35)32(24)14-5-13-31-15-12-30-17-31/h6-12,15-17,24,33H,5,13-14H2,1-4H3/b25-23+/t24-/m0/s1. The van der Waals surface area contributed by atoms with E-state index in [0.29, 0.717) is 35.8 Å². The molecule has 1 fully saturated rings. The molecule has 1 amide bonds. The number of ketones is 1. The van der Waals surface area contributed by atoms with Gasteiger partial charge in [-0.3, -0.25) is 9.59 Å². The Labute approximate surface area is 216 Å². The number of methoxy groups -OCH3 is 1. The number of likely N-dealkylation sites (tertiary alicyclic amines) is 1. The maximum Gasteiger partial charge on any atom is 0.295 e. The van der Waals surface area contributed by atoms with Crippen LogP contribution in [-0.4, -0.2) is 44.9 Å². The predicted octanol–water partition coefficient (Wildman–Crippen LogP) is 5.35. The maximum atomic E-state index is 13.3. The topological polar surface area (TPSA) is 84.7 Å². The summed E-state index contributed by atoms with van der Waals surface area (Å²) in [6.45, 7) is 7.36. The number of hydrogen-bond acceptors (Lipinski definition) is 5. The summed E-state index contributed by atoms with van der Waals surface area (Å²) in [7, 11) is 1.50. The van der Waals surface area contributed by atoms with Gasteiger partial charge in [0.2, 0.25) is 0 Å². The van der Waals surface area contributed by atoms with Gasteiger partial charge in [0.25, 0.3) is 11.7 Å². The molecule has 0 spiro atoms. The summed E-state index contributed by atoms with van der Waals surface area (Å²) in [6.07, 6.45) is 5.88. The molecule has 36 heavy (non-hydrogen) atoms. The Kier molecular flexibility index (Phi) is 7.22. The molecular weight excluding hydrogens is 478 g/mol. The Morgan fingerprint density at radius 2 is 1.83 bits per heavy atom. The van der Waals surface area contributed by atoms with Crippen molar-refractivity contribution in [2.45, 2.75) is 45.2 Å². The average Bonchev–Trinajstić information content (AvgIpc) is 3.45. The van der Waals surface area contributed by atoms with E-state index in [4.69, 9.17) is 16.3 Å². The molecule has 1 aromatic heterocycles. The van der Waals surface area contributed by atoms with Crippen LogP contribution in [-0.2, 0) is 21.5 Å². The van der Waals surface area contributed by atoms with Crippen molar-refractivity contribution in [3.63, 3.8) is 0 Å². The van der Waals surface area contributed by atoms with Gasteiger partial charge in [-0.25, -0.2) is 4.98 Å². The summed E-state index contributed by atoms with van der Waals surface area (Å²) in [5, 5.41) is 11.6. The lowest BCUT2D eigenvalue weighted by Gasteiger charge is -2.26. The third kappa shape index (κ3) is 5.02. The number of aromatic nitrogens is 2. The molecule has 8 heteroatoms. The van der Waals surface area contributed by atoms with E-state index in [-0.39, 0.29) is 16.7 Å². The molecule has 3 aromatic rings. The third-order valence-electron chi connectivity index (χ3n) is 6.43. The highest BCUT2D eigenvalue weighted by Gasteiger charge is 2.45. The Morgan fingerprint density at radius 3 is 2.42 bits per heavy atom. The Bertz CT molecular complexity index is 1290. The summed E-state index contributed by atoms with van der Waals surface area (Å²) < 4.78 is 7.12. The number of ether oxygens (including phenoxy) is 1. The number of carbonyl (C=O) groups is 2. The van der Waals surface area contributed by atoms with Crippen molar-refractivity contribution in [3.05, 3.63) is 88.5 Å². The summed E-state index contributed by atoms with van der Waals surface area (Å²) in [5.74, 6) is -1.17. The van der Waals surface area contributed by atoms with Gasteiger partial charge in [0.05, 0.1) is 30.1 Å². The highest BCUT2D eigenvalue weighted by molar-refractivity contribution is 6.46. The smallest absolute Gasteiger partial charge is 0.295 e. The summed E-state index contributed by atoms with van der Waals surface area (Å²) >= 11 is 6.28. The molecule has 0 radical (unpaired) electrons. The van der Waals surface area contributed by atoms with Crippen LogP contribution in [0.25, 0.3) is 5.76 Å². The maximum absolute atomic E-state index is 13.3. The highest BCUT2D eigenvalue weighted by Crippen LogP contribution is 2.41. The number of amides is 1. The first-order valence-electron chi connectivity index (χ1n) is 11.8. The summed E-state index contributed by atoms with van der Waals surface area (Å²) in [5.41, 5.74) is 2.22. The first kappa shape index (κ1) is 25.5. The van der Waals surface area contributed by atoms with E-state index in [9.17, 15) is 14.7 Å². The molecule has 2 heterocycles. The lowest BCUT2D eigenvalue weighted by molar-refractivity contribution is -0.139. The second-order valence-corrected chi connectivity index (χ2v) is 10.3. The Hall–Kier alpha value is -3.58. The van der Waals surface area contributed by atoms with Crippen molar-refractivity contribution in [2.24, 2.45) is 0 Å². The largest absolute Gasteiger partial charge is 0.507 e. The van der Waals surface area contributed by atoms with Crippen LogP contribution in [0.4, 0.5) is 0 Å². The van der Waals surface area contributed by atoms with Gasteiger partial charge in [-0.1, -0.05) is 56.6 Å². The minimum Gasteiger partial charge on any atom is -0.507 e. The van der Waals surface area contributed by atoms with E-state index in [1.165, 1.54) is 13.2 Å². The quantitative estimate of drug-likeness (QED) is 0.264. The lowest BCUT2D eigenvalue weighted by atomic mass is 9.85. The number of nitrogens with zero attached hydrogens (tertiary/aromatic N) is 3. The zero-order valence-electron chi connectivity index (χ0n) is 20.9. The van der Waals surface area contributed by atoms with Gasteiger partial charge in [0.1, 0.15) is 11.5 Å². The number of benzene rings is 2. The number of imidazole rings is 1. The molecule has 1 aliphatic heterocycles. The van der Waals surface area contributed by atoms with E-state index >= 15 is 0 Å². The van der Waals surface area contributed by atoms with Crippen molar-refractivity contribution >= 4 is 29.1 Å². The Balaban J connectivity index is 1.76. The lowest BCUT2D eigenvalue weighted by Crippen LogP contribution is -2.31. The second kappa shape index (κ2) is 10.2. The normalized spacial score (nSPS) is 17.6. The fourth-order valence-electron chi connectivity index (χ4n) is 4.43. The number of aryl methyl sites for hydroxylation is 1. The van der Waals surface area contributed by atoms with Gasteiger partial charge < -0.3 is 19.3 Å². The van der Waals surface area contributed by atoms with Crippen molar-refractivity contribution in [3.8, 4) is 5.75 Å². The van der Waals surface area contributed by atoms with Gasteiger partial charge in [-0.2, -0.15) is 0 Å². The minimum absolute atomic E-state index is 0.0485. The summed E-state index contributed by atoms with van der Waals surface area (Å²) in [4.78, 5) is 32.0. The van der Waals surface area contributed by atoms with Crippen molar-refractivity contribution in [2.75, 3.05) is 13.7 Å². The molecular formula is C28H30ClN3O4. The molecule has 4 rings (SSSR count). The van der Waals surface area contributed by atoms with Gasteiger partial charge in [0, 0.05) is 31.0 Å². The van der Waals surface area contributed by atoms with Crippen LogP contribution in [0, 0.1) is 0 Å². The molecule has 0 unspecified atom stereocenters. The van der Waals surface area contributed by atoms with Crippen molar-refractivity contribution in [1.29, 1.82) is 0 Å². The van der Waals surface area contributed by atoms with Gasteiger partial charge in [0.15, 0.2) is 0 Å². The molecule has 188 valence electrons. The highest BCUT2D eigenvalue weighted by atomic mass is 35.5. The molecule has 2 aromatic carbocycles. The molecule has 1 saturated heterocycles. The van der Waals surface area contributed by atoms with Gasteiger partial charge >= 0.3 is 0 Å². The Morgan fingerprint density at radius 1 is 1.11 bits per heavy atom. The molecule has 1 N–H and O–H groups in total. The SMILES string of the molecule is COc1ccc(/C(O)=C2\C(=O)C(=O)N(CCCn3ccnc3)[C@H]2c2ccc(C(C)(C)C)cc2)cc1Cl. The van der Waals surface area contributed by atoms with Crippen LogP contribution >= 0.6 is 11.6 Å². The fraction of sp³-hybridized carbons (Fsp3) is 0.321.